The maximum Gasteiger partial charge on any atom is 0.230 e. The van der Waals surface area contributed by atoms with Crippen LogP contribution in [0.3, 0.4) is 0 Å². The summed E-state index contributed by atoms with van der Waals surface area (Å²) < 4.78 is 24.1. The van der Waals surface area contributed by atoms with Crippen LogP contribution < -0.4 is 5.32 Å². The summed E-state index contributed by atoms with van der Waals surface area (Å²) in [5.74, 6) is -0.225. The van der Waals surface area contributed by atoms with Crippen LogP contribution in [0.1, 0.15) is 37.7 Å². The maximum atomic E-state index is 13.0. The van der Waals surface area contributed by atoms with Gasteiger partial charge >= 0.3 is 0 Å². The Morgan fingerprint density at radius 1 is 1.35 bits per heavy atom. The molecule has 1 amide bonds. The van der Waals surface area contributed by atoms with E-state index in [9.17, 15) is 9.18 Å². The molecule has 0 spiro atoms. The van der Waals surface area contributed by atoms with Crippen LogP contribution in [0.25, 0.3) is 0 Å². The zero-order valence-electron chi connectivity index (χ0n) is 13.4. The molecule has 1 N–H and O–H groups in total. The minimum Gasteiger partial charge on any atom is -0.379 e. The van der Waals surface area contributed by atoms with E-state index in [4.69, 9.17) is 9.47 Å². The fourth-order valence-corrected chi connectivity index (χ4v) is 3.08. The van der Waals surface area contributed by atoms with Gasteiger partial charge in [-0.05, 0) is 49.8 Å². The first-order valence-electron chi connectivity index (χ1n) is 8.44. The van der Waals surface area contributed by atoms with Crippen LogP contribution in [0.4, 0.5) is 4.39 Å². The molecule has 2 fully saturated rings. The first kappa shape index (κ1) is 16.4. The molecule has 0 radical (unpaired) electrons. The number of rotatable bonds is 8. The Bertz CT molecular complexity index is 522. The highest BCUT2D eigenvalue weighted by Crippen LogP contribution is 2.48. The molecule has 2 aliphatic rings. The van der Waals surface area contributed by atoms with Gasteiger partial charge in [0.25, 0.3) is 0 Å². The quantitative estimate of drug-likeness (QED) is 0.749. The molecule has 0 aromatic heterocycles. The first-order chi connectivity index (χ1) is 11.2. The fraction of sp³-hybridized carbons (Fsp3) is 0.611. The Kier molecular flexibility index (Phi) is 5.28. The average molecular weight is 321 g/mol. The highest BCUT2D eigenvalue weighted by molar-refractivity contribution is 5.91. The molecule has 126 valence electrons. The van der Waals surface area contributed by atoms with Gasteiger partial charge in [0.1, 0.15) is 5.82 Å². The number of hydrogen-bond acceptors (Lipinski definition) is 3. The monoisotopic (exact) mass is 321 g/mol. The van der Waals surface area contributed by atoms with E-state index >= 15 is 0 Å². The molecule has 4 nitrogen and oxygen atoms in total. The van der Waals surface area contributed by atoms with Crippen molar-refractivity contribution in [1.29, 1.82) is 0 Å². The number of carbonyl (C=O) groups is 1. The van der Waals surface area contributed by atoms with Gasteiger partial charge in [0, 0.05) is 19.8 Å². The number of ether oxygens (including phenoxy) is 2. The predicted octanol–water partition coefficient (Wildman–Crippen LogP) is 2.56. The molecule has 1 unspecified atom stereocenters. The summed E-state index contributed by atoms with van der Waals surface area (Å²) in [6, 6.07) is 6.27. The van der Waals surface area contributed by atoms with Crippen LogP contribution in [0.2, 0.25) is 0 Å². The van der Waals surface area contributed by atoms with Crippen molar-refractivity contribution in [3.8, 4) is 0 Å². The predicted molar refractivity (Wildman–Crippen MR) is 84.7 cm³/mol. The Morgan fingerprint density at radius 3 is 2.78 bits per heavy atom. The molecule has 3 rings (SSSR count). The second-order valence-corrected chi connectivity index (χ2v) is 6.41. The van der Waals surface area contributed by atoms with E-state index in [-0.39, 0.29) is 17.8 Å². The van der Waals surface area contributed by atoms with Crippen molar-refractivity contribution in [1.82, 2.24) is 5.32 Å². The van der Waals surface area contributed by atoms with Gasteiger partial charge in [0.05, 0.1) is 18.1 Å². The van der Waals surface area contributed by atoms with Crippen molar-refractivity contribution in [2.75, 3.05) is 26.4 Å². The van der Waals surface area contributed by atoms with Crippen molar-refractivity contribution in [2.45, 2.75) is 43.6 Å². The van der Waals surface area contributed by atoms with Crippen molar-refractivity contribution in [2.24, 2.45) is 0 Å². The van der Waals surface area contributed by atoms with Crippen molar-refractivity contribution >= 4 is 5.91 Å². The average Bonchev–Trinajstić information content (AvgIpc) is 3.21. The van der Waals surface area contributed by atoms with Crippen LogP contribution in [0.15, 0.2) is 24.3 Å². The van der Waals surface area contributed by atoms with Gasteiger partial charge in [-0.15, -0.1) is 0 Å². The van der Waals surface area contributed by atoms with E-state index < -0.39 is 5.41 Å². The molecule has 1 aromatic carbocycles. The zero-order chi connectivity index (χ0) is 16.1. The molecule has 1 saturated carbocycles. The normalized spacial score (nSPS) is 22.0. The summed E-state index contributed by atoms with van der Waals surface area (Å²) in [6.07, 6.45) is 4.91. The Morgan fingerprint density at radius 2 is 2.13 bits per heavy atom. The van der Waals surface area contributed by atoms with Crippen LogP contribution in [-0.2, 0) is 19.7 Å². The standard InChI is InChI=1S/C18H24FNO3/c19-15-6-4-14(5-7-15)18(8-9-18)17(21)20-10-2-11-22-13-16-3-1-12-23-16/h4-7,16H,1-3,8-13H2,(H,20,21). The lowest BCUT2D eigenvalue weighted by Crippen LogP contribution is -2.35. The lowest BCUT2D eigenvalue weighted by Gasteiger charge is -2.16. The third kappa shape index (κ3) is 4.09. The van der Waals surface area contributed by atoms with Crippen molar-refractivity contribution < 1.29 is 18.7 Å². The minimum absolute atomic E-state index is 0.0447. The van der Waals surface area contributed by atoms with E-state index in [2.05, 4.69) is 5.32 Å². The summed E-state index contributed by atoms with van der Waals surface area (Å²) >= 11 is 0. The SMILES string of the molecule is O=C(NCCCOCC1CCCO1)C1(c2ccc(F)cc2)CC1. The zero-order valence-corrected chi connectivity index (χ0v) is 13.4. The fourth-order valence-electron chi connectivity index (χ4n) is 3.08. The molecular weight excluding hydrogens is 297 g/mol. The minimum atomic E-state index is -0.438. The van der Waals surface area contributed by atoms with Crippen molar-refractivity contribution in [3.63, 3.8) is 0 Å². The van der Waals surface area contributed by atoms with Gasteiger partial charge in [-0.3, -0.25) is 4.79 Å². The summed E-state index contributed by atoms with van der Waals surface area (Å²) in [5.41, 5.74) is 0.470. The first-order valence-corrected chi connectivity index (χ1v) is 8.44. The van der Waals surface area contributed by atoms with Gasteiger partial charge in [0.2, 0.25) is 5.91 Å². The number of halogens is 1. The van der Waals surface area contributed by atoms with E-state index in [0.29, 0.717) is 19.8 Å². The summed E-state index contributed by atoms with van der Waals surface area (Å²) in [4.78, 5) is 12.4. The number of amides is 1. The van der Waals surface area contributed by atoms with Crippen LogP contribution in [0, 0.1) is 5.82 Å². The van der Waals surface area contributed by atoms with Crippen LogP contribution >= 0.6 is 0 Å². The lowest BCUT2D eigenvalue weighted by atomic mass is 9.95. The summed E-state index contributed by atoms with van der Waals surface area (Å²) in [6.45, 7) is 2.72. The van der Waals surface area contributed by atoms with Gasteiger partial charge in [0.15, 0.2) is 0 Å². The van der Waals surface area contributed by atoms with Gasteiger partial charge in [-0.25, -0.2) is 4.39 Å². The van der Waals surface area contributed by atoms with Crippen molar-refractivity contribution in [3.05, 3.63) is 35.6 Å². The second kappa shape index (κ2) is 7.41. The Labute approximate surface area is 136 Å². The second-order valence-electron chi connectivity index (χ2n) is 6.41. The molecule has 1 atom stereocenters. The third-order valence-electron chi connectivity index (χ3n) is 4.66. The van der Waals surface area contributed by atoms with Crippen LogP contribution in [-0.4, -0.2) is 38.4 Å². The molecular formula is C18H24FNO3. The molecule has 5 heteroatoms. The maximum absolute atomic E-state index is 13.0. The van der Waals surface area contributed by atoms with E-state index in [1.54, 1.807) is 12.1 Å². The molecule has 1 aliphatic carbocycles. The Hall–Kier alpha value is -1.46. The van der Waals surface area contributed by atoms with E-state index in [1.807, 2.05) is 0 Å². The van der Waals surface area contributed by atoms with Crippen LogP contribution in [0.5, 0.6) is 0 Å². The van der Waals surface area contributed by atoms with Gasteiger partial charge in [-0.1, -0.05) is 12.1 Å². The summed E-state index contributed by atoms with van der Waals surface area (Å²) in [7, 11) is 0. The largest absolute Gasteiger partial charge is 0.379 e. The number of benzene rings is 1. The molecule has 1 heterocycles. The number of carbonyl (C=O) groups excluding carboxylic acids is 1. The molecule has 0 bridgehead atoms. The number of hydrogen-bond donors (Lipinski definition) is 1. The topological polar surface area (TPSA) is 47.6 Å². The van der Waals surface area contributed by atoms with Gasteiger partial charge < -0.3 is 14.8 Å². The van der Waals surface area contributed by atoms with E-state index in [0.717, 1.165) is 44.3 Å². The smallest absolute Gasteiger partial charge is 0.230 e. The molecule has 1 saturated heterocycles. The van der Waals surface area contributed by atoms with Gasteiger partial charge in [-0.2, -0.15) is 0 Å². The molecule has 1 aliphatic heterocycles. The molecule has 1 aromatic rings. The number of nitrogens with one attached hydrogen (secondary N) is 1. The highest BCUT2D eigenvalue weighted by Gasteiger charge is 2.50. The third-order valence-corrected chi connectivity index (χ3v) is 4.66. The van der Waals surface area contributed by atoms with E-state index in [1.165, 1.54) is 12.1 Å². The highest BCUT2D eigenvalue weighted by atomic mass is 19.1. The Balaban J connectivity index is 1.35. The molecule has 23 heavy (non-hydrogen) atoms. The lowest BCUT2D eigenvalue weighted by molar-refractivity contribution is -0.123. The summed E-state index contributed by atoms with van der Waals surface area (Å²) in [5, 5.41) is 2.98.